The fourth-order valence-electron chi connectivity index (χ4n) is 2.98. The number of piperazine rings is 1. The summed E-state index contributed by atoms with van der Waals surface area (Å²) in [6.45, 7) is 1.44. The van der Waals surface area contributed by atoms with Crippen molar-refractivity contribution in [1.82, 2.24) is 9.21 Å². The van der Waals surface area contributed by atoms with Gasteiger partial charge >= 0.3 is 0 Å². The Balaban J connectivity index is 1.54. The maximum atomic E-state index is 12.6. The van der Waals surface area contributed by atoms with Crippen LogP contribution in [0, 0.1) is 10.1 Å². The Morgan fingerprint density at radius 1 is 1.10 bits per heavy atom. The molecule has 0 radical (unpaired) electrons. The van der Waals surface area contributed by atoms with Gasteiger partial charge in [-0.05, 0) is 18.2 Å². The van der Waals surface area contributed by atoms with Crippen LogP contribution < -0.4 is 5.32 Å². The van der Waals surface area contributed by atoms with Gasteiger partial charge in [0.05, 0.1) is 27.1 Å². The zero-order valence-electron chi connectivity index (χ0n) is 15.3. The fraction of sp³-hybridized carbons (Fsp3) is 0.278. The van der Waals surface area contributed by atoms with E-state index in [4.69, 9.17) is 11.6 Å². The summed E-state index contributed by atoms with van der Waals surface area (Å²) in [6.07, 6.45) is 0. The Morgan fingerprint density at radius 2 is 1.76 bits per heavy atom. The van der Waals surface area contributed by atoms with Crippen molar-refractivity contribution in [2.75, 3.05) is 38.0 Å². The predicted molar refractivity (Wildman–Crippen MR) is 108 cm³/mol. The van der Waals surface area contributed by atoms with Crippen molar-refractivity contribution >= 4 is 38.9 Å². The van der Waals surface area contributed by atoms with Gasteiger partial charge in [-0.15, -0.1) is 0 Å². The molecule has 0 atom stereocenters. The molecule has 1 fully saturated rings. The second-order valence-corrected chi connectivity index (χ2v) is 8.81. The number of rotatable bonds is 6. The van der Waals surface area contributed by atoms with Crippen molar-refractivity contribution in [2.45, 2.75) is 4.90 Å². The molecule has 0 aromatic heterocycles. The molecule has 1 saturated heterocycles. The molecule has 1 aliphatic rings. The third-order valence-corrected chi connectivity index (χ3v) is 6.74. The van der Waals surface area contributed by atoms with E-state index < -0.39 is 14.9 Å². The van der Waals surface area contributed by atoms with Crippen molar-refractivity contribution in [1.29, 1.82) is 0 Å². The number of benzene rings is 2. The Hall–Kier alpha value is -2.53. The molecule has 0 aliphatic carbocycles. The number of carbonyl (C=O) groups is 1. The Labute approximate surface area is 173 Å². The average molecular weight is 439 g/mol. The maximum absolute atomic E-state index is 12.6. The van der Waals surface area contributed by atoms with E-state index in [1.165, 1.54) is 22.5 Å². The third-order valence-electron chi connectivity index (χ3n) is 4.52. The number of nitrogens with zero attached hydrogens (tertiary/aromatic N) is 3. The number of hydrogen-bond acceptors (Lipinski definition) is 6. The molecule has 1 aliphatic heterocycles. The topological polar surface area (TPSA) is 113 Å². The van der Waals surface area contributed by atoms with E-state index in [1.54, 1.807) is 30.3 Å². The first-order valence-electron chi connectivity index (χ1n) is 8.79. The lowest BCUT2D eigenvalue weighted by molar-refractivity contribution is -0.384. The second-order valence-electron chi connectivity index (χ2n) is 6.46. The molecule has 1 heterocycles. The molecule has 3 rings (SSSR count). The van der Waals surface area contributed by atoms with Crippen LogP contribution in [-0.2, 0) is 14.8 Å². The molecule has 154 valence electrons. The predicted octanol–water partition coefficient (Wildman–Crippen LogP) is 2.19. The number of non-ortho nitro benzene ring substituents is 1. The van der Waals surface area contributed by atoms with Crippen molar-refractivity contribution in [3.8, 4) is 0 Å². The molecule has 1 N–H and O–H groups in total. The first kappa shape index (κ1) is 21.2. The minimum atomic E-state index is -3.55. The quantitative estimate of drug-likeness (QED) is 0.546. The van der Waals surface area contributed by atoms with Gasteiger partial charge in [-0.25, -0.2) is 8.42 Å². The van der Waals surface area contributed by atoms with Gasteiger partial charge in [0.15, 0.2) is 0 Å². The number of amides is 1. The number of anilines is 1. The molecular weight excluding hydrogens is 420 g/mol. The normalized spacial score (nSPS) is 15.8. The van der Waals surface area contributed by atoms with Crippen molar-refractivity contribution in [3.63, 3.8) is 0 Å². The van der Waals surface area contributed by atoms with Gasteiger partial charge < -0.3 is 5.32 Å². The van der Waals surface area contributed by atoms with E-state index in [-0.39, 0.29) is 46.8 Å². The summed E-state index contributed by atoms with van der Waals surface area (Å²) in [5.74, 6) is -0.333. The highest BCUT2D eigenvalue weighted by molar-refractivity contribution is 7.89. The zero-order valence-corrected chi connectivity index (χ0v) is 16.9. The molecule has 29 heavy (non-hydrogen) atoms. The molecule has 9 nitrogen and oxygen atoms in total. The van der Waals surface area contributed by atoms with E-state index in [1.807, 2.05) is 4.90 Å². The van der Waals surface area contributed by atoms with Crippen LogP contribution in [0.15, 0.2) is 53.4 Å². The highest BCUT2D eigenvalue weighted by Gasteiger charge is 2.29. The SMILES string of the molecule is O=C(CN1CCN(S(=O)(=O)c2ccccc2)CC1)Nc1ccc([N+](=O)[O-])cc1Cl. The summed E-state index contributed by atoms with van der Waals surface area (Å²) in [5.41, 5.74) is 0.122. The molecule has 11 heteroatoms. The largest absolute Gasteiger partial charge is 0.324 e. The number of hydrogen-bond donors (Lipinski definition) is 1. The van der Waals surface area contributed by atoms with E-state index >= 15 is 0 Å². The maximum Gasteiger partial charge on any atom is 0.271 e. The number of nitrogens with one attached hydrogen (secondary N) is 1. The van der Waals surface area contributed by atoms with Gasteiger partial charge in [-0.2, -0.15) is 4.31 Å². The lowest BCUT2D eigenvalue weighted by Gasteiger charge is -2.33. The van der Waals surface area contributed by atoms with E-state index in [9.17, 15) is 23.3 Å². The molecule has 1 amide bonds. The summed E-state index contributed by atoms with van der Waals surface area (Å²) >= 11 is 5.98. The first-order valence-corrected chi connectivity index (χ1v) is 10.6. The number of nitro groups is 1. The summed E-state index contributed by atoms with van der Waals surface area (Å²) in [6, 6.07) is 12.0. The fourth-order valence-corrected chi connectivity index (χ4v) is 4.65. The average Bonchev–Trinajstić information content (AvgIpc) is 2.70. The van der Waals surface area contributed by atoms with Crippen LogP contribution in [0.25, 0.3) is 0 Å². The zero-order chi connectivity index (χ0) is 21.0. The van der Waals surface area contributed by atoms with Crippen molar-refractivity contribution < 1.29 is 18.1 Å². The molecule has 0 unspecified atom stereocenters. The van der Waals surface area contributed by atoms with Crippen LogP contribution in [-0.4, -0.2) is 61.2 Å². The first-order chi connectivity index (χ1) is 13.8. The highest BCUT2D eigenvalue weighted by Crippen LogP contribution is 2.26. The van der Waals surface area contributed by atoms with E-state index in [2.05, 4.69) is 5.32 Å². The van der Waals surface area contributed by atoms with Gasteiger partial charge in [-0.1, -0.05) is 29.8 Å². The lowest BCUT2D eigenvalue weighted by Crippen LogP contribution is -2.50. The molecule has 0 saturated carbocycles. The van der Waals surface area contributed by atoms with Crippen LogP contribution in [0.5, 0.6) is 0 Å². The van der Waals surface area contributed by atoms with Crippen LogP contribution in [0.3, 0.4) is 0 Å². The number of carbonyl (C=O) groups excluding carboxylic acids is 1. The van der Waals surface area contributed by atoms with Gasteiger partial charge in [0.1, 0.15) is 0 Å². The Bertz CT molecular complexity index is 1010. The summed E-state index contributed by atoms with van der Waals surface area (Å²) in [5, 5.41) is 13.4. The van der Waals surface area contributed by atoms with Crippen LogP contribution in [0.2, 0.25) is 5.02 Å². The number of halogens is 1. The summed E-state index contributed by atoms with van der Waals surface area (Å²) in [4.78, 5) is 24.5. The highest BCUT2D eigenvalue weighted by atomic mass is 35.5. The van der Waals surface area contributed by atoms with Crippen LogP contribution in [0.4, 0.5) is 11.4 Å². The summed E-state index contributed by atoms with van der Waals surface area (Å²) in [7, 11) is -3.55. The van der Waals surface area contributed by atoms with E-state index in [0.717, 1.165) is 0 Å². The molecular formula is C18H19ClN4O5S. The monoisotopic (exact) mass is 438 g/mol. The minimum absolute atomic E-state index is 0.0620. The van der Waals surface area contributed by atoms with Crippen molar-refractivity contribution in [3.05, 3.63) is 63.7 Å². The van der Waals surface area contributed by atoms with Gasteiger partial charge in [0.25, 0.3) is 5.69 Å². The van der Waals surface area contributed by atoms with Gasteiger partial charge in [0, 0.05) is 38.3 Å². The molecule has 2 aromatic rings. The van der Waals surface area contributed by atoms with E-state index in [0.29, 0.717) is 13.1 Å². The number of nitro benzene ring substituents is 1. The smallest absolute Gasteiger partial charge is 0.271 e. The second kappa shape index (κ2) is 8.87. The number of sulfonamides is 1. The molecule has 0 bridgehead atoms. The van der Waals surface area contributed by atoms with Crippen LogP contribution >= 0.6 is 11.6 Å². The summed E-state index contributed by atoms with van der Waals surface area (Å²) < 4.78 is 26.7. The van der Waals surface area contributed by atoms with Gasteiger partial charge in [-0.3, -0.25) is 19.8 Å². The molecule has 0 spiro atoms. The van der Waals surface area contributed by atoms with Crippen LogP contribution in [0.1, 0.15) is 0 Å². The van der Waals surface area contributed by atoms with Gasteiger partial charge in [0.2, 0.25) is 15.9 Å². The van der Waals surface area contributed by atoms with Crippen molar-refractivity contribution in [2.24, 2.45) is 0 Å². The lowest BCUT2D eigenvalue weighted by atomic mass is 10.2. The Morgan fingerprint density at radius 3 is 2.34 bits per heavy atom. The third kappa shape index (κ3) is 5.10. The minimum Gasteiger partial charge on any atom is -0.324 e. The molecule has 2 aromatic carbocycles. The Kier molecular flexibility index (Phi) is 6.48. The standard InChI is InChI=1S/C18H19ClN4O5S/c19-16-12-14(23(25)26)6-7-17(16)20-18(24)13-21-8-10-22(11-9-21)29(27,28)15-4-2-1-3-5-15/h1-7,12H,8-11,13H2,(H,20,24).